The average molecular weight is 379 g/mol. The van der Waals surface area contributed by atoms with Gasteiger partial charge in [-0.2, -0.15) is 0 Å². The first-order valence-corrected chi connectivity index (χ1v) is 10.2. The molecule has 28 heavy (non-hydrogen) atoms. The molecule has 0 saturated carbocycles. The molecule has 0 aliphatic carbocycles. The lowest BCUT2D eigenvalue weighted by Gasteiger charge is -2.31. The van der Waals surface area contributed by atoms with Gasteiger partial charge in [0.05, 0.1) is 6.54 Å². The van der Waals surface area contributed by atoms with Crippen LogP contribution in [0.25, 0.3) is 0 Å². The molecular formula is C24H30N2O2. The van der Waals surface area contributed by atoms with Crippen molar-refractivity contribution in [3.63, 3.8) is 0 Å². The lowest BCUT2D eigenvalue weighted by atomic mass is 10.00. The second-order valence-electron chi connectivity index (χ2n) is 7.98. The summed E-state index contributed by atoms with van der Waals surface area (Å²) in [5, 5.41) is 0. The highest BCUT2D eigenvalue weighted by molar-refractivity contribution is 5.85. The van der Waals surface area contributed by atoms with E-state index in [1.54, 1.807) is 4.90 Å². The van der Waals surface area contributed by atoms with E-state index < -0.39 is 0 Å². The Labute approximate surface area is 168 Å². The third-order valence-corrected chi connectivity index (χ3v) is 5.26. The van der Waals surface area contributed by atoms with Crippen LogP contribution in [-0.2, 0) is 29.0 Å². The first-order valence-electron chi connectivity index (χ1n) is 10.2. The number of rotatable bonds is 7. The number of carbonyl (C=O) groups excluding carboxylic acids is 2. The van der Waals surface area contributed by atoms with Gasteiger partial charge in [-0.15, -0.1) is 0 Å². The van der Waals surface area contributed by atoms with E-state index in [9.17, 15) is 9.59 Å². The van der Waals surface area contributed by atoms with Crippen molar-refractivity contribution in [1.29, 1.82) is 0 Å². The maximum Gasteiger partial charge on any atom is 0.242 e. The van der Waals surface area contributed by atoms with Crippen LogP contribution in [0.2, 0.25) is 0 Å². The molecule has 0 N–H and O–H groups in total. The summed E-state index contributed by atoms with van der Waals surface area (Å²) in [5.41, 5.74) is 3.72. The molecule has 3 rings (SSSR count). The fraction of sp³-hybridized carbons (Fsp3) is 0.417. The van der Waals surface area contributed by atoms with Gasteiger partial charge in [-0.25, -0.2) is 0 Å². The molecule has 1 aliphatic rings. The van der Waals surface area contributed by atoms with Gasteiger partial charge in [0.1, 0.15) is 0 Å². The van der Waals surface area contributed by atoms with E-state index in [4.69, 9.17) is 0 Å². The molecule has 0 atom stereocenters. The third kappa shape index (κ3) is 5.44. The van der Waals surface area contributed by atoms with Gasteiger partial charge in [0.25, 0.3) is 0 Å². The van der Waals surface area contributed by atoms with Gasteiger partial charge in [-0.1, -0.05) is 68.4 Å². The van der Waals surface area contributed by atoms with Gasteiger partial charge in [0, 0.05) is 26.1 Å². The lowest BCUT2D eigenvalue weighted by molar-refractivity contribution is -0.141. The Bertz CT molecular complexity index is 801. The summed E-state index contributed by atoms with van der Waals surface area (Å²) < 4.78 is 0. The van der Waals surface area contributed by atoms with Crippen LogP contribution in [0, 0.1) is 5.92 Å². The molecule has 0 fully saturated rings. The van der Waals surface area contributed by atoms with Gasteiger partial charge in [-0.3, -0.25) is 9.59 Å². The Morgan fingerprint density at radius 3 is 2.39 bits per heavy atom. The number of carbonyl (C=O) groups is 2. The molecule has 2 amide bonds. The summed E-state index contributed by atoms with van der Waals surface area (Å²) in [4.78, 5) is 29.3. The minimum Gasteiger partial charge on any atom is -0.336 e. The van der Waals surface area contributed by atoms with Crippen LogP contribution in [0.4, 0.5) is 0 Å². The molecule has 0 unspecified atom stereocenters. The smallest absolute Gasteiger partial charge is 0.242 e. The van der Waals surface area contributed by atoms with Crippen molar-refractivity contribution in [1.82, 2.24) is 9.80 Å². The molecule has 1 aliphatic heterocycles. The summed E-state index contributed by atoms with van der Waals surface area (Å²) >= 11 is 0. The fourth-order valence-corrected chi connectivity index (χ4v) is 3.65. The molecule has 4 heteroatoms. The zero-order valence-corrected chi connectivity index (χ0v) is 16.9. The molecular weight excluding hydrogens is 348 g/mol. The minimum absolute atomic E-state index is 0.0414. The van der Waals surface area contributed by atoms with E-state index in [2.05, 4.69) is 24.3 Å². The van der Waals surface area contributed by atoms with Crippen molar-refractivity contribution < 1.29 is 9.59 Å². The van der Waals surface area contributed by atoms with Crippen molar-refractivity contribution in [3.05, 3.63) is 71.3 Å². The quantitative estimate of drug-likeness (QED) is 0.737. The van der Waals surface area contributed by atoms with Crippen LogP contribution in [0.15, 0.2) is 54.6 Å². The fourth-order valence-electron chi connectivity index (χ4n) is 3.65. The molecule has 148 valence electrons. The third-order valence-electron chi connectivity index (χ3n) is 5.26. The number of benzene rings is 2. The van der Waals surface area contributed by atoms with Crippen molar-refractivity contribution in [2.24, 2.45) is 5.92 Å². The highest BCUT2D eigenvalue weighted by Gasteiger charge is 2.24. The van der Waals surface area contributed by atoms with E-state index >= 15 is 0 Å². The van der Waals surface area contributed by atoms with Crippen LogP contribution >= 0.6 is 0 Å². The molecule has 1 heterocycles. The summed E-state index contributed by atoms with van der Waals surface area (Å²) in [6.45, 7) is 6.18. The second-order valence-corrected chi connectivity index (χ2v) is 7.98. The SMILES string of the molecule is CC(C)CC(=O)N(CCc1ccccc1)CC(=O)N1CCc2ccccc2C1. The Hall–Kier alpha value is -2.62. The second kappa shape index (κ2) is 9.54. The largest absolute Gasteiger partial charge is 0.336 e. The highest BCUT2D eigenvalue weighted by Crippen LogP contribution is 2.19. The molecule has 0 saturated heterocycles. The normalized spacial score (nSPS) is 13.3. The van der Waals surface area contributed by atoms with E-state index in [1.165, 1.54) is 16.7 Å². The van der Waals surface area contributed by atoms with Gasteiger partial charge in [0.2, 0.25) is 11.8 Å². The van der Waals surface area contributed by atoms with Gasteiger partial charge < -0.3 is 9.80 Å². The molecule has 2 aromatic carbocycles. The van der Waals surface area contributed by atoms with Crippen molar-refractivity contribution >= 4 is 11.8 Å². The number of hydrogen-bond acceptors (Lipinski definition) is 2. The standard InChI is InChI=1S/C24H30N2O2/c1-19(2)16-23(27)26(14-12-20-8-4-3-5-9-20)18-24(28)25-15-13-21-10-6-7-11-22(21)17-25/h3-11,19H,12-18H2,1-2H3. The van der Waals surface area contributed by atoms with E-state index in [0.717, 1.165) is 19.4 Å². The summed E-state index contributed by atoms with van der Waals surface area (Å²) in [6.07, 6.45) is 2.12. The van der Waals surface area contributed by atoms with Crippen molar-refractivity contribution in [2.75, 3.05) is 19.6 Å². The predicted octanol–water partition coefficient (Wildman–Crippen LogP) is 3.69. The number of hydrogen-bond donors (Lipinski definition) is 0. The van der Waals surface area contributed by atoms with Crippen LogP contribution in [0.3, 0.4) is 0 Å². The molecule has 0 bridgehead atoms. The van der Waals surface area contributed by atoms with Crippen LogP contribution in [-0.4, -0.2) is 41.2 Å². The maximum atomic E-state index is 13.0. The van der Waals surface area contributed by atoms with E-state index in [0.29, 0.717) is 19.5 Å². The topological polar surface area (TPSA) is 40.6 Å². The Kier molecular flexibility index (Phi) is 6.85. The molecule has 0 aromatic heterocycles. The lowest BCUT2D eigenvalue weighted by Crippen LogP contribution is -2.45. The zero-order chi connectivity index (χ0) is 19.9. The first kappa shape index (κ1) is 20.1. The van der Waals surface area contributed by atoms with Crippen LogP contribution < -0.4 is 0 Å². The molecule has 0 spiro atoms. The van der Waals surface area contributed by atoms with E-state index in [-0.39, 0.29) is 24.3 Å². The minimum atomic E-state index is 0.0414. The summed E-state index contributed by atoms with van der Waals surface area (Å²) in [6, 6.07) is 18.4. The first-order chi connectivity index (χ1) is 13.5. The monoisotopic (exact) mass is 378 g/mol. The number of nitrogens with zero attached hydrogens (tertiary/aromatic N) is 2. The molecule has 0 radical (unpaired) electrons. The summed E-state index contributed by atoms with van der Waals surface area (Å²) in [5.74, 6) is 0.389. The van der Waals surface area contributed by atoms with Gasteiger partial charge >= 0.3 is 0 Å². The predicted molar refractivity (Wildman–Crippen MR) is 112 cm³/mol. The highest BCUT2D eigenvalue weighted by atomic mass is 16.2. The molecule has 4 nitrogen and oxygen atoms in total. The summed E-state index contributed by atoms with van der Waals surface area (Å²) in [7, 11) is 0. The van der Waals surface area contributed by atoms with Crippen molar-refractivity contribution in [3.8, 4) is 0 Å². The Balaban J connectivity index is 1.64. The van der Waals surface area contributed by atoms with Gasteiger partial charge in [-0.05, 0) is 35.4 Å². The Morgan fingerprint density at radius 2 is 1.68 bits per heavy atom. The van der Waals surface area contributed by atoms with Crippen LogP contribution in [0.1, 0.15) is 37.0 Å². The average Bonchev–Trinajstić information content (AvgIpc) is 2.70. The van der Waals surface area contributed by atoms with Gasteiger partial charge in [0.15, 0.2) is 0 Å². The van der Waals surface area contributed by atoms with Crippen LogP contribution in [0.5, 0.6) is 0 Å². The van der Waals surface area contributed by atoms with Crippen molar-refractivity contribution in [2.45, 2.75) is 39.7 Å². The zero-order valence-electron chi connectivity index (χ0n) is 16.9. The van der Waals surface area contributed by atoms with E-state index in [1.807, 2.05) is 49.1 Å². The molecule has 2 aromatic rings. The Morgan fingerprint density at radius 1 is 1.00 bits per heavy atom. The number of amides is 2. The maximum absolute atomic E-state index is 13.0. The number of fused-ring (bicyclic) bond motifs is 1.